The molecule has 4 aliphatic rings. The predicted molar refractivity (Wildman–Crippen MR) is 516 cm³/mol. The van der Waals surface area contributed by atoms with Gasteiger partial charge in [0.2, 0.25) is 0 Å². The van der Waals surface area contributed by atoms with Gasteiger partial charge < -0.3 is 28.4 Å². The zero-order valence-corrected chi connectivity index (χ0v) is 69.0. The molecule has 6 nitrogen and oxygen atoms in total. The summed E-state index contributed by atoms with van der Waals surface area (Å²) in [7, 11) is 0. The van der Waals surface area contributed by atoms with Crippen molar-refractivity contribution in [2.75, 3.05) is 19.6 Å². The summed E-state index contributed by atoms with van der Waals surface area (Å²) >= 11 is 0. The van der Waals surface area contributed by atoms with Crippen LogP contribution in [0, 0.1) is 33.5 Å². The van der Waals surface area contributed by atoms with Gasteiger partial charge in [-0.05, 0) is 264 Å². The molecule has 2 spiro atoms. The molecule has 588 valence electrons. The lowest BCUT2D eigenvalue weighted by Gasteiger charge is -2.45. The third kappa shape index (κ3) is 9.78. The molecule has 0 bridgehead atoms. The molecule has 0 unspecified atom stereocenters. The minimum Gasteiger partial charge on any atom is -0.454 e. The highest BCUT2D eigenvalue weighted by Gasteiger charge is 2.56. The Morgan fingerprint density at radius 2 is 0.648 bits per heavy atom. The van der Waals surface area contributed by atoms with Gasteiger partial charge in [-0.15, -0.1) is 0 Å². The summed E-state index contributed by atoms with van der Waals surface area (Å²) < 4.78 is 30.0. The van der Waals surface area contributed by atoms with E-state index in [-0.39, 0.29) is 5.82 Å². The quantitative estimate of drug-likeness (QED) is 0.143. The van der Waals surface area contributed by atoms with E-state index in [2.05, 4.69) is 417 Å². The summed E-state index contributed by atoms with van der Waals surface area (Å²) in [5, 5.41) is 13.4. The van der Waals surface area contributed by atoms with E-state index in [1.54, 1.807) is 12.1 Å². The SMILES string of the molecule is Cc1ccc(N(c2cc3c(c4cc(-c5ccc(N6c7ccccc7C7(c8ccccc86)c6ccc8ccccc8c6-c6c7cc(N(c7ccc(F)cc7)c7cccc8c7oc7c(C)cccc78)c7ccccc67)cc5)ccc24)-c2c(ccc4ccccc24)C32c3ccccc3N(c3ccccc3)c3ccccc32)c2cccc3c2oc2c(C)cccc23)c(C)c1. The molecule has 26 rings (SSSR count). The lowest BCUT2D eigenvalue weighted by atomic mass is 9.64. The summed E-state index contributed by atoms with van der Waals surface area (Å²) in [6.07, 6.45) is 0. The van der Waals surface area contributed by atoms with Crippen molar-refractivity contribution in [1.29, 1.82) is 0 Å². The normalized spacial score (nSPS) is 13.6. The van der Waals surface area contributed by atoms with E-state index in [4.69, 9.17) is 8.83 Å². The van der Waals surface area contributed by atoms with E-state index < -0.39 is 10.8 Å². The highest BCUT2D eigenvalue weighted by Crippen LogP contribution is 2.70. The summed E-state index contributed by atoms with van der Waals surface area (Å²) in [5.74, 6) is -0.309. The molecule has 2 aliphatic heterocycles. The Balaban J connectivity index is 0.703. The Labute approximate surface area is 722 Å². The molecule has 0 radical (unpaired) electrons. The van der Waals surface area contributed by atoms with Crippen LogP contribution >= 0.6 is 0 Å². The predicted octanol–water partition coefficient (Wildman–Crippen LogP) is 32.4. The largest absolute Gasteiger partial charge is 0.454 e. The van der Waals surface area contributed by atoms with E-state index in [0.717, 1.165) is 178 Å². The van der Waals surface area contributed by atoms with Crippen molar-refractivity contribution in [3.63, 3.8) is 0 Å². The van der Waals surface area contributed by atoms with Gasteiger partial charge in [0.25, 0.3) is 0 Å². The van der Waals surface area contributed by atoms with Gasteiger partial charge in [-0.2, -0.15) is 0 Å². The lowest BCUT2D eigenvalue weighted by Crippen LogP contribution is -2.36. The number of rotatable bonds is 9. The fraction of sp³-hybridized carbons (Fsp3) is 0.0508. The van der Waals surface area contributed by atoms with Crippen molar-refractivity contribution in [1.82, 2.24) is 0 Å². The second-order valence-corrected chi connectivity index (χ2v) is 34.3. The number of aryl methyl sites for hydroxylation is 4. The fourth-order valence-corrected chi connectivity index (χ4v) is 22.7. The second-order valence-electron chi connectivity index (χ2n) is 34.3. The van der Waals surface area contributed by atoms with E-state index in [9.17, 15) is 0 Å². The molecule has 0 saturated heterocycles. The number of nitrogens with zero attached hydrogens (tertiary/aromatic N) is 4. The van der Waals surface area contributed by atoms with Crippen LogP contribution in [-0.4, -0.2) is 0 Å². The summed E-state index contributed by atoms with van der Waals surface area (Å²) in [5.41, 5.74) is 34.9. The molecule has 0 amide bonds. The Morgan fingerprint density at radius 1 is 0.240 bits per heavy atom. The minimum absolute atomic E-state index is 0.309. The summed E-state index contributed by atoms with van der Waals surface area (Å²) in [6.45, 7) is 8.71. The van der Waals surface area contributed by atoms with Gasteiger partial charge in [-0.1, -0.05) is 291 Å². The molecule has 0 N–H and O–H groups in total. The molecular formula is C118H77FN4O2. The van der Waals surface area contributed by atoms with Crippen LogP contribution < -0.4 is 19.6 Å². The first-order valence-electron chi connectivity index (χ1n) is 43.2. The smallest absolute Gasteiger partial charge is 0.159 e. The Morgan fingerprint density at radius 3 is 1.18 bits per heavy atom. The molecule has 0 fully saturated rings. The van der Waals surface area contributed by atoms with Crippen molar-refractivity contribution in [3.05, 3.63) is 467 Å². The minimum atomic E-state index is -0.880. The third-order valence-corrected chi connectivity index (χ3v) is 27.8. The van der Waals surface area contributed by atoms with E-state index >= 15 is 4.39 Å². The molecule has 2 aliphatic carbocycles. The fourth-order valence-electron chi connectivity index (χ4n) is 22.7. The molecular weight excluding hydrogens is 1520 g/mol. The van der Waals surface area contributed by atoms with Crippen molar-refractivity contribution in [3.8, 4) is 33.4 Å². The van der Waals surface area contributed by atoms with Crippen LogP contribution in [0.5, 0.6) is 0 Å². The number of para-hydroxylation sites is 9. The van der Waals surface area contributed by atoms with Crippen molar-refractivity contribution < 1.29 is 13.2 Å². The Kier molecular flexibility index (Phi) is 15.1. The van der Waals surface area contributed by atoms with Crippen LogP contribution in [-0.2, 0) is 10.8 Å². The molecule has 125 heavy (non-hydrogen) atoms. The molecule has 7 heteroatoms. The molecule has 0 saturated carbocycles. The van der Waals surface area contributed by atoms with Crippen LogP contribution in [0.4, 0.5) is 72.6 Å². The zero-order chi connectivity index (χ0) is 82.8. The van der Waals surface area contributed by atoms with E-state index in [1.165, 1.54) is 77.2 Å². The molecule has 0 atom stereocenters. The van der Waals surface area contributed by atoms with Gasteiger partial charge in [0.15, 0.2) is 11.2 Å². The van der Waals surface area contributed by atoms with Crippen LogP contribution in [0.15, 0.2) is 403 Å². The number of fused-ring (bicyclic) bond motifs is 32. The van der Waals surface area contributed by atoms with Gasteiger partial charge >= 0.3 is 0 Å². The maximum absolute atomic E-state index is 15.6. The van der Waals surface area contributed by atoms with Crippen molar-refractivity contribution >= 4 is 155 Å². The average Bonchev–Trinajstić information content (AvgIpc) is 1.45. The number of hydrogen-bond acceptors (Lipinski definition) is 6. The van der Waals surface area contributed by atoms with Crippen LogP contribution in [0.3, 0.4) is 0 Å². The van der Waals surface area contributed by atoms with E-state index in [0.29, 0.717) is 0 Å². The molecule has 20 aromatic carbocycles. The monoisotopic (exact) mass is 1600 g/mol. The van der Waals surface area contributed by atoms with Crippen LogP contribution in [0.1, 0.15) is 66.8 Å². The zero-order valence-electron chi connectivity index (χ0n) is 69.0. The number of benzene rings is 20. The van der Waals surface area contributed by atoms with Crippen LogP contribution in [0.2, 0.25) is 0 Å². The second kappa shape index (κ2) is 26.6. The Hall–Kier alpha value is -15.8. The van der Waals surface area contributed by atoms with Gasteiger partial charge in [0.05, 0.1) is 56.3 Å². The maximum Gasteiger partial charge on any atom is 0.159 e. The number of furan rings is 2. The van der Waals surface area contributed by atoms with Crippen molar-refractivity contribution in [2.24, 2.45) is 0 Å². The first-order chi connectivity index (χ1) is 61.6. The van der Waals surface area contributed by atoms with E-state index in [1.807, 2.05) is 12.1 Å². The summed E-state index contributed by atoms with van der Waals surface area (Å²) in [6, 6.07) is 145. The topological polar surface area (TPSA) is 39.2 Å². The van der Waals surface area contributed by atoms with Gasteiger partial charge in [-0.25, -0.2) is 4.39 Å². The Bertz CT molecular complexity index is 8310. The molecule has 4 heterocycles. The number of anilines is 12. The number of hydrogen-bond donors (Lipinski definition) is 0. The van der Waals surface area contributed by atoms with Gasteiger partial charge in [0, 0.05) is 55.1 Å². The first-order valence-corrected chi connectivity index (χ1v) is 43.2. The highest BCUT2D eigenvalue weighted by atomic mass is 19.1. The number of halogens is 1. The highest BCUT2D eigenvalue weighted by molar-refractivity contribution is 6.22. The molecule has 22 aromatic rings. The average molecular weight is 1600 g/mol. The van der Waals surface area contributed by atoms with Gasteiger partial charge in [0.1, 0.15) is 17.0 Å². The van der Waals surface area contributed by atoms with Crippen LogP contribution in [0.25, 0.3) is 120 Å². The standard InChI is InChI=1S/C118H77FN4O2/c1-70-50-65-100(73(4)66-70)123(106-49-25-39-90-88-37-23-27-72(3)114(88)125-116(90)106)108-69-99-112(110-83-33-11-9-29-76(83)55-64-97(110)118(99)92-40-14-18-44-101(92)120(79-30-6-5-7-31-79)102-45-19-15-41-93(102)118)91-67-77(53-62-85(91)108)74-51-58-80(59-52-74)121-103-46-20-16-42-94(103)117(95-43-17-21-47-104(95)121)96-63-54-75-28-8-10-32-82(75)109(96)111-86-35-13-12-34-84(86)107(68-98(111)117)122(81-60-56-78(119)57-61-81)105-48-24-38-89-87-36-22-26-71(2)113(87)124-115(89)105/h5-69H,1-4H3. The first kappa shape index (κ1) is 71.0. The van der Waals surface area contributed by atoms with Crippen molar-refractivity contribution in [2.45, 2.75) is 38.5 Å². The molecule has 2 aromatic heterocycles. The summed E-state index contributed by atoms with van der Waals surface area (Å²) in [4.78, 5) is 9.81. The third-order valence-electron chi connectivity index (χ3n) is 27.8. The lowest BCUT2D eigenvalue weighted by molar-refractivity contribution is 0.628. The maximum atomic E-state index is 15.6. The van der Waals surface area contributed by atoms with Gasteiger partial charge in [-0.3, -0.25) is 0 Å².